The van der Waals surface area contributed by atoms with Gasteiger partial charge in [-0.1, -0.05) is 133 Å². The SMILES string of the molecule is c1ccc(-c2nc(-c3ccc(-n4c5ccccc5c5ccccc54)cc3)nc3ccc(-c4ccc5c(c4)c4ccc6ccccc6c4n5-c4ccccc4)cc23)cc1. The number of aromatic nitrogens is 4. The first-order chi connectivity index (χ1) is 28.8. The number of hydrogen-bond donors (Lipinski definition) is 0. The van der Waals surface area contributed by atoms with Crippen LogP contribution in [0.2, 0.25) is 0 Å². The molecule has 0 aliphatic rings. The van der Waals surface area contributed by atoms with Gasteiger partial charge in [-0.2, -0.15) is 0 Å². The first-order valence-corrected chi connectivity index (χ1v) is 19.7. The van der Waals surface area contributed by atoms with E-state index < -0.39 is 0 Å². The van der Waals surface area contributed by atoms with Crippen LogP contribution in [0.4, 0.5) is 0 Å². The van der Waals surface area contributed by atoms with Gasteiger partial charge in [0.15, 0.2) is 5.82 Å². The van der Waals surface area contributed by atoms with E-state index in [1.54, 1.807) is 0 Å². The third-order valence-electron chi connectivity index (χ3n) is 11.7. The van der Waals surface area contributed by atoms with Crippen LogP contribution in [-0.4, -0.2) is 19.1 Å². The molecule has 270 valence electrons. The summed E-state index contributed by atoms with van der Waals surface area (Å²) < 4.78 is 4.75. The van der Waals surface area contributed by atoms with Gasteiger partial charge in [-0.05, 0) is 89.3 Å². The summed E-state index contributed by atoms with van der Waals surface area (Å²) in [4.78, 5) is 10.5. The van der Waals surface area contributed by atoms with Gasteiger partial charge in [0.2, 0.25) is 0 Å². The van der Waals surface area contributed by atoms with E-state index in [1.807, 2.05) is 0 Å². The molecular weight excluding hydrogens is 705 g/mol. The highest BCUT2D eigenvalue weighted by Crippen LogP contribution is 2.40. The fraction of sp³-hybridized carbons (Fsp3) is 0. The molecule has 58 heavy (non-hydrogen) atoms. The Hall–Kier alpha value is -7.82. The first kappa shape index (κ1) is 32.4. The minimum atomic E-state index is 0.704. The lowest BCUT2D eigenvalue weighted by Crippen LogP contribution is -1.97. The van der Waals surface area contributed by atoms with Crippen molar-refractivity contribution in [3.63, 3.8) is 0 Å². The average molecular weight is 739 g/mol. The Kier molecular flexibility index (Phi) is 7.20. The van der Waals surface area contributed by atoms with Gasteiger partial charge in [0.05, 0.1) is 33.3 Å². The number of nitrogens with zero attached hydrogens (tertiary/aromatic N) is 4. The van der Waals surface area contributed by atoms with Crippen LogP contribution in [0.25, 0.3) is 110 Å². The maximum atomic E-state index is 5.30. The molecule has 0 unspecified atom stereocenters. The second-order valence-corrected chi connectivity index (χ2v) is 15.0. The van der Waals surface area contributed by atoms with Crippen molar-refractivity contribution in [1.82, 2.24) is 19.1 Å². The van der Waals surface area contributed by atoms with Crippen LogP contribution < -0.4 is 0 Å². The summed E-state index contributed by atoms with van der Waals surface area (Å²) in [6.07, 6.45) is 0. The Balaban J connectivity index is 0.998. The number of hydrogen-bond acceptors (Lipinski definition) is 2. The normalized spacial score (nSPS) is 11.8. The van der Waals surface area contributed by atoms with Gasteiger partial charge in [-0.25, -0.2) is 9.97 Å². The maximum absolute atomic E-state index is 5.30. The predicted octanol–water partition coefficient (Wildman–Crippen LogP) is 14.0. The van der Waals surface area contributed by atoms with Crippen molar-refractivity contribution in [3.8, 4) is 45.1 Å². The summed E-state index contributed by atoms with van der Waals surface area (Å²) in [6, 6.07) is 73.7. The second kappa shape index (κ2) is 12.9. The molecule has 0 fully saturated rings. The highest BCUT2D eigenvalue weighted by atomic mass is 15.0. The van der Waals surface area contributed by atoms with Crippen LogP contribution >= 0.6 is 0 Å². The average Bonchev–Trinajstić information content (AvgIpc) is 3.82. The van der Waals surface area contributed by atoms with Crippen LogP contribution in [0.3, 0.4) is 0 Å². The molecule has 3 aromatic heterocycles. The predicted molar refractivity (Wildman–Crippen MR) is 242 cm³/mol. The minimum Gasteiger partial charge on any atom is -0.309 e. The number of para-hydroxylation sites is 3. The number of benzene rings is 9. The van der Waals surface area contributed by atoms with Crippen molar-refractivity contribution >= 4 is 65.3 Å². The van der Waals surface area contributed by atoms with E-state index in [2.05, 4.69) is 215 Å². The molecule has 4 nitrogen and oxygen atoms in total. The molecule has 0 bridgehead atoms. The van der Waals surface area contributed by atoms with Crippen LogP contribution in [0, 0.1) is 0 Å². The zero-order valence-electron chi connectivity index (χ0n) is 31.4. The highest BCUT2D eigenvalue weighted by molar-refractivity contribution is 6.19. The van der Waals surface area contributed by atoms with Crippen LogP contribution in [0.1, 0.15) is 0 Å². The second-order valence-electron chi connectivity index (χ2n) is 15.0. The Morgan fingerprint density at radius 1 is 0.310 bits per heavy atom. The molecule has 9 aromatic carbocycles. The molecule has 0 radical (unpaired) electrons. The van der Waals surface area contributed by atoms with Crippen LogP contribution in [-0.2, 0) is 0 Å². The molecule has 0 aliphatic heterocycles. The fourth-order valence-corrected chi connectivity index (χ4v) is 9.02. The third kappa shape index (κ3) is 5.02. The molecule has 12 aromatic rings. The van der Waals surface area contributed by atoms with Gasteiger partial charge in [-0.15, -0.1) is 0 Å². The topological polar surface area (TPSA) is 35.6 Å². The number of rotatable bonds is 5. The van der Waals surface area contributed by atoms with Crippen molar-refractivity contribution in [3.05, 3.63) is 206 Å². The molecule has 0 N–H and O–H groups in total. The monoisotopic (exact) mass is 738 g/mol. The van der Waals surface area contributed by atoms with Gasteiger partial charge < -0.3 is 9.13 Å². The number of fused-ring (bicyclic) bond motifs is 9. The van der Waals surface area contributed by atoms with E-state index in [1.165, 1.54) is 54.4 Å². The van der Waals surface area contributed by atoms with Crippen molar-refractivity contribution < 1.29 is 0 Å². The van der Waals surface area contributed by atoms with Crippen LogP contribution in [0.15, 0.2) is 206 Å². The van der Waals surface area contributed by atoms with Gasteiger partial charge in [0.25, 0.3) is 0 Å². The maximum Gasteiger partial charge on any atom is 0.160 e. The van der Waals surface area contributed by atoms with E-state index in [-0.39, 0.29) is 0 Å². The fourth-order valence-electron chi connectivity index (χ4n) is 9.02. The quantitative estimate of drug-likeness (QED) is 0.176. The summed E-state index contributed by atoms with van der Waals surface area (Å²) in [5, 5.41) is 8.46. The molecule has 4 heteroatoms. The highest BCUT2D eigenvalue weighted by Gasteiger charge is 2.18. The van der Waals surface area contributed by atoms with Crippen LogP contribution in [0.5, 0.6) is 0 Å². The third-order valence-corrected chi connectivity index (χ3v) is 11.7. The molecule has 3 heterocycles. The Bertz CT molecular complexity index is 3490. The molecule has 0 aliphatic carbocycles. The van der Waals surface area contributed by atoms with E-state index in [0.29, 0.717) is 5.82 Å². The summed E-state index contributed by atoms with van der Waals surface area (Å²) in [7, 11) is 0. The lowest BCUT2D eigenvalue weighted by Gasteiger charge is -2.13. The van der Waals surface area contributed by atoms with Gasteiger partial charge in [-0.3, -0.25) is 0 Å². The zero-order valence-corrected chi connectivity index (χ0v) is 31.4. The standard InChI is InChI=1S/C54H34N4/c1-3-14-36(15-4-1)52-47-34-38(39-27-32-51-46(33-39)45-30-25-35-13-7-8-18-42(35)53(45)58(51)40-16-5-2-6-17-40)26-31-48(47)55-54(56-52)37-23-28-41(29-24-37)57-49-21-11-9-19-43(49)44-20-10-12-22-50(44)57/h1-34H. The molecule has 0 saturated heterocycles. The Labute approximate surface area is 334 Å². The van der Waals surface area contributed by atoms with E-state index >= 15 is 0 Å². The largest absolute Gasteiger partial charge is 0.309 e. The molecular formula is C54H34N4. The van der Waals surface area contributed by atoms with Crippen molar-refractivity contribution in [2.45, 2.75) is 0 Å². The summed E-state index contributed by atoms with van der Waals surface area (Å²) in [5.74, 6) is 0.704. The lowest BCUT2D eigenvalue weighted by atomic mass is 9.98. The summed E-state index contributed by atoms with van der Waals surface area (Å²) >= 11 is 0. The van der Waals surface area contributed by atoms with E-state index in [9.17, 15) is 0 Å². The Morgan fingerprint density at radius 3 is 1.62 bits per heavy atom. The van der Waals surface area contributed by atoms with Gasteiger partial charge >= 0.3 is 0 Å². The Morgan fingerprint density at radius 2 is 0.879 bits per heavy atom. The van der Waals surface area contributed by atoms with E-state index in [4.69, 9.17) is 9.97 Å². The lowest BCUT2D eigenvalue weighted by molar-refractivity contribution is 1.17. The molecule has 0 atom stereocenters. The van der Waals surface area contributed by atoms with E-state index in [0.717, 1.165) is 50.2 Å². The smallest absolute Gasteiger partial charge is 0.160 e. The van der Waals surface area contributed by atoms with Gasteiger partial charge in [0, 0.05) is 54.8 Å². The van der Waals surface area contributed by atoms with Crippen molar-refractivity contribution in [2.75, 3.05) is 0 Å². The minimum absolute atomic E-state index is 0.704. The molecule has 0 saturated carbocycles. The summed E-state index contributed by atoms with van der Waals surface area (Å²) in [5.41, 5.74) is 13.2. The molecule has 0 amide bonds. The zero-order chi connectivity index (χ0) is 38.2. The molecule has 12 rings (SSSR count). The molecule has 0 spiro atoms. The van der Waals surface area contributed by atoms with Crippen molar-refractivity contribution in [2.24, 2.45) is 0 Å². The first-order valence-electron chi connectivity index (χ1n) is 19.7. The van der Waals surface area contributed by atoms with Crippen molar-refractivity contribution in [1.29, 1.82) is 0 Å². The summed E-state index contributed by atoms with van der Waals surface area (Å²) in [6.45, 7) is 0. The van der Waals surface area contributed by atoms with Gasteiger partial charge in [0.1, 0.15) is 0 Å².